The maximum atomic E-state index is 12.3. The van der Waals surface area contributed by atoms with E-state index in [2.05, 4.69) is 4.72 Å². The van der Waals surface area contributed by atoms with Crippen molar-refractivity contribution in [2.45, 2.75) is 25.0 Å². The average molecular weight is 307 g/mol. The van der Waals surface area contributed by atoms with Gasteiger partial charge in [0.25, 0.3) is 10.0 Å². The molecule has 112 valence electrons. The SMILES string of the molecule is Cc1ccc(S(=O)(=O)Nc2cc(CO)cc(CO)c2)cc1. The molecule has 5 nitrogen and oxygen atoms in total. The predicted octanol–water partition coefficient (Wildman–Crippen LogP) is 1.78. The summed E-state index contributed by atoms with van der Waals surface area (Å²) in [5.41, 5.74) is 2.34. The van der Waals surface area contributed by atoms with Gasteiger partial charge in [-0.05, 0) is 42.3 Å². The fourth-order valence-electron chi connectivity index (χ4n) is 1.94. The molecule has 0 heterocycles. The van der Waals surface area contributed by atoms with Crippen LogP contribution in [0.3, 0.4) is 0 Å². The van der Waals surface area contributed by atoms with E-state index in [1.54, 1.807) is 18.2 Å². The van der Waals surface area contributed by atoms with Crippen LogP contribution in [-0.2, 0) is 23.2 Å². The summed E-state index contributed by atoms with van der Waals surface area (Å²) in [7, 11) is -3.69. The molecule has 0 atom stereocenters. The van der Waals surface area contributed by atoms with Gasteiger partial charge in [0.2, 0.25) is 0 Å². The summed E-state index contributed by atoms with van der Waals surface area (Å²) in [6.07, 6.45) is 0. The van der Waals surface area contributed by atoms with Gasteiger partial charge in [-0.15, -0.1) is 0 Å². The van der Waals surface area contributed by atoms with E-state index in [9.17, 15) is 8.42 Å². The number of rotatable bonds is 5. The van der Waals surface area contributed by atoms with Crippen molar-refractivity contribution in [1.29, 1.82) is 0 Å². The van der Waals surface area contributed by atoms with Crippen molar-refractivity contribution in [3.63, 3.8) is 0 Å². The highest BCUT2D eigenvalue weighted by molar-refractivity contribution is 7.92. The topological polar surface area (TPSA) is 86.6 Å². The second-order valence-corrected chi connectivity index (χ2v) is 6.46. The van der Waals surface area contributed by atoms with Crippen molar-refractivity contribution < 1.29 is 18.6 Å². The van der Waals surface area contributed by atoms with Crippen molar-refractivity contribution in [3.05, 3.63) is 59.2 Å². The lowest BCUT2D eigenvalue weighted by molar-refractivity contribution is 0.275. The van der Waals surface area contributed by atoms with Gasteiger partial charge in [-0.3, -0.25) is 4.72 Å². The molecule has 0 aromatic heterocycles. The van der Waals surface area contributed by atoms with Crippen LogP contribution in [0.5, 0.6) is 0 Å². The van der Waals surface area contributed by atoms with Gasteiger partial charge in [0, 0.05) is 5.69 Å². The summed E-state index contributed by atoms with van der Waals surface area (Å²) in [6, 6.07) is 11.2. The molecule has 0 saturated heterocycles. The molecule has 0 unspecified atom stereocenters. The van der Waals surface area contributed by atoms with Crippen LogP contribution in [0.25, 0.3) is 0 Å². The first kappa shape index (κ1) is 15.5. The summed E-state index contributed by atoms with van der Waals surface area (Å²) in [5.74, 6) is 0. The first-order chi connectivity index (χ1) is 9.94. The molecular weight excluding hydrogens is 290 g/mol. The monoisotopic (exact) mass is 307 g/mol. The molecular formula is C15H17NO4S. The third-order valence-corrected chi connectivity index (χ3v) is 4.40. The zero-order chi connectivity index (χ0) is 15.5. The number of hydrogen-bond donors (Lipinski definition) is 3. The molecule has 0 fully saturated rings. The highest BCUT2D eigenvalue weighted by Crippen LogP contribution is 2.20. The fraction of sp³-hybridized carbons (Fsp3) is 0.200. The Morgan fingerprint density at radius 1 is 0.952 bits per heavy atom. The van der Waals surface area contributed by atoms with E-state index in [4.69, 9.17) is 10.2 Å². The summed E-state index contributed by atoms with van der Waals surface area (Å²) in [6.45, 7) is 1.42. The number of aliphatic hydroxyl groups is 2. The summed E-state index contributed by atoms with van der Waals surface area (Å²) in [4.78, 5) is 0.160. The van der Waals surface area contributed by atoms with Crippen LogP contribution in [-0.4, -0.2) is 18.6 Å². The second-order valence-electron chi connectivity index (χ2n) is 4.77. The number of sulfonamides is 1. The van der Waals surface area contributed by atoms with Gasteiger partial charge >= 0.3 is 0 Å². The number of nitrogens with one attached hydrogen (secondary N) is 1. The Balaban J connectivity index is 2.34. The Hall–Kier alpha value is -1.89. The number of hydrogen-bond acceptors (Lipinski definition) is 4. The minimum absolute atomic E-state index is 0.160. The van der Waals surface area contributed by atoms with E-state index >= 15 is 0 Å². The maximum Gasteiger partial charge on any atom is 0.261 e. The highest BCUT2D eigenvalue weighted by Gasteiger charge is 2.14. The van der Waals surface area contributed by atoms with Crippen molar-refractivity contribution >= 4 is 15.7 Å². The van der Waals surface area contributed by atoms with E-state index in [-0.39, 0.29) is 18.1 Å². The normalized spacial score (nSPS) is 11.4. The van der Waals surface area contributed by atoms with Gasteiger partial charge in [-0.2, -0.15) is 0 Å². The summed E-state index contributed by atoms with van der Waals surface area (Å²) < 4.78 is 27.0. The van der Waals surface area contributed by atoms with E-state index in [1.165, 1.54) is 24.3 Å². The van der Waals surface area contributed by atoms with Gasteiger partial charge in [0.1, 0.15) is 0 Å². The van der Waals surface area contributed by atoms with Gasteiger partial charge < -0.3 is 10.2 Å². The molecule has 2 aromatic rings. The zero-order valence-corrected chi connectivity index (χ0v) is 12.4. The van der Waals surface area contributed by atoms with E-state index in [1.807, 2.05) is 6.92 Å². The Labute approximate surface area is 123 Å². The fourth-order valence-corrected chi connectivity index (χ4v) is 2.98. The van der Waals surface area contributed by atoms with Crippen LogP contribution in [0, 0.1) is 6.92 Å². The molecule has 0 spiro atoms. The van der Waals surface area contributed by atoms with Crippen molar-refractivity contribution in [1.82, 2.24) is 0 Å². The molecule has 0 aliphatic rings. The van der Waals surface area contributed by atoms with Crippen molar-refractivity contribution in [2.24, 2.45) is 0 Å². The molecule has 21 heavy (non-hydrogen) atoms. The smallest absolute Gasteiger partial charge is 0.261 e. The zero-order valence-electron chi connectivity index (χ0n) is 11.6. The quantitative estimate of drug-likeness (QED) is 0.786. The molecule has 2 aromatic carbocycles. The van der Waals surface area contributed by atoms with E-state index in [0.717, 1.165) is 5.56 Å². The third-order valence-electron chi connectivity index (χ3n) is 3.00. The number of anilines is 1. The Bertz CT molecular complexity index is 702. The average Bonchev–Trinajstić information content (AvgIpc) is 2.46. The van der Waals surface area contributed by atoms with Crippen LogP contribution in [0.4, 0.5) is 5.69 Å². The van der Waals surface area contributed by atoms with Crippen LogP contribution >= 0.6 is 0 Å². The summed E-state index contributed by atoms with van der Waals surface area (Å²) in [5, 5.41) is 18.3. The molecule has 6 heteroatoms. The van der Waals surface area contributed by atoms with Gasteiger partial charge in [0.05, 0.1) is 18.1 Å². The van der Waals surface area contributed by atoms with Crippen molar-refractivity contribution in [3.8, 4) is 0 Å². The maximum absolute atomic E-state index is 12.3. The number of aryl methyl sites for hydroxylation is 1. The summed E-state index contributed by atoms with van der Waals surface area (Å²) >= 11 is 0. The second kappa shape index (κ2) is 6.26. The van der Waals surface area contributed by atoms with Gasteiger partial charge in [-0.25, -0.2) is 8.42 Å². The van der Waals surface area contributed by atoms with Crippen LogP contribution in [0.2, 0.25) is 0 Å². The molecule has 0 aliphatic carbocycles. The first-order valence-corrected chi connectivity index (χ1v) is 7.87. The molecule has 0 bridgehead atoms. The van der Waals surface area contributed by atoms with Gasteiger partial charge in [0.15, 0.2) is 0 Å². The van der Waals surface area contributed by atoms with E-state index < -0.39 is 10.0 Å². The van der Waals surface area contributed by atoms with Crippen LogP contribution < -0.4 is 4.72 Å². The molecule has 3 N–H and O–H groups in total. The minimum atomic E-state index is -3.69. The van der Waals surface area contributed by atoms with Crippen molar-refractivity contribution in [2.75, 3.05) is 4.72 Å². The Morgan fingerprint density at radius 2 is 1.48 bits per heavy atom. The number of benzene rings is 2. The number of aliphatic hydroxyl groups excluding tert-OH is 2. The third kappa shape index (κ3) is 3.81. The lowest BCUT2D eigenvalue weighted by Crippen LogP contribution is -2.13. The molecule has 0 radical (unpaired) electrons. The van der Waals surface area contributed by atoms with Gasteiger partial charge in [-0.1, -0.05) is 23.8 Å². The predicted molar refractivity (Wildman–Crippen MR) is 80.3 cm³/mol. The minimum Gasteiger partial charge on any atom is -0.392 e. The van der Waals surface area contributed by atoms with Crippen LogP contribution in [0.15, 0.2) is 47.4 Å². The lowest BCUT2D eigenvalue weighted by atomic mass is 10.1. The molecule has 0 amide bonds. The Morgan fingerprint density at radius 3 is 1.95 bits per heavy atom. The lowest BCUT2D eigenvalue weighted by Gasteiger charge is -2.11. The largest absolute Gasteiger partial charge is 0.392 e. The highest BCUT2D eigenvalue weighted by atomic mass is 32.2. The van der Waals surface area contributed by atoms with Crippen LogP contribution in [0.1, 0.15) is 16.7 Å². The molecule has 0 saturated carbocycles. The molecule has 0 aliphatic heterocycles. The molecule has 2 rings (SSSR count). The van der Waals surface area contributed by atoms with E-state index in [0.29, 0.717) is 16.8 Å². The Kier molecular flexibility index (Phi) is 4.62. The first-order valence-electron chi connectivity index (χ1n) is 6.38. The standard InChI is InChI=1S/C15H17NO4S/c1-11-2-4-15(5-3-11)21(19,20)16-14-7-12(9-17)6-13(8-14)10-18/h2-8,16-18H,9-10H2,1H3.